The van der Waals surface area contributed by atoms with Crippen LogP contribution in [0, 0.1) is 6.92 Å². The molecule has 76 valence electrons. The van der Waals surface area contributed by atoms with Crippen LogP contribution in [0.1, 0.15) is 5.56 Å². The van der Waals surface area contributed by atoms with E-state index in [9.17, 15) is 9.59 Å². The number of nitrogens with zero attached hydrogens (tertiary/aromatic N) is 1. The van der Waals surface area contributed by atoms with Crippen LogP contribution in [0.4, 0.5) is 5.69 Å². The van der Waals surface area contributed by atoms with Crippen LogP contribution in [0.5, 0.6) is 0 Å². The highest BCUT2D eigenvalue weighted by molar-refractivity contribution is 9.10. The van der Waals surface area contributed by atoms with Gasteiger partial charge in [-0.3, -0.25) is 9.59 Å². The molecule has 2 amide bonds. The Morgan fingerprint density at radius 3 is 2.27 bits per heavy atom. The Balaban J connectivity index is 2.42. The molecular weight excluding hydrogens is 258 g/mol. The average Bonchev–Trinajstić information content (AvgIpc) is 2.52. The highest BCUT2D eigenvalue weighted by atomic mass is 79.9. The fourth-order valence-electron chi connectivity index (χ4n) is 1.38. The highest BCUT2D eigenvalue weighted by Crippen LogP contribution is 2.25. The van der Waals surface area contributed by atoms with Gasteiger partial charge in [0.2, 0.25) is 0 Å². The van der Waals surface area contributed by atoms with Gasteiger partial charge in [-0.25, -0.2) is 4.90 Å². The summed E-state index contributed by atoms with van der Waals surface area (Å²) in [6.45, 7) is 1.94. The fourth-order valence-corrected chi connectivity index (χ4v) is 1.74. The molecule has 3 nitrogen and oxygen atoms in total. The van der Waals surface area contributed by atoms with Crippen molar-refractivity contribution in [2.75, 3.05) is 4.90 Å². The first kappa shape index (κ1) is 10.1. The fraction of sp³-hybridized carbons (Fsp3) is 0.0909. The lowest BCUT2D eigenvalue weighted by Gasteiger charge is -2.14. The van der Waals surface area contributed by atoms with E-state index >= 15 is 0 Å². The summed E-state index contributed by atoms with van der Waals surface area (Å²) in [5.74, 6) is -0.591. The zero-order valence-electron chi connectivity index (χ0n) is 8.03. The Morgan fingerprint density at radius 2 is 1.73 bits per heavy atom. The molecule has 0 atom stereocenters. The van der Waals surface area contributed by atoms with Crippen molar-refractivity contribution in [3.05, 3.63) is 40.4 Å². The van der Waals surface area contributed by atoms with Gasteiger partial charge in [-0.15, -0.1) is 0 Å². The van der Waals surface area contributed by atoms with Crippen LogP contribution < -0.4 is 4.90 Å². The van der Waals surface area contributed by atoms with Gasteiger partial charge in [0.25, 0.3) is 11.8 Å². The predicted octanol–water partition coefficient (Wildman–Crippen LogP) is 2.19. The molecule has 0 aliphatic carbocycles. The van der Waals surface area contributed by atoms with E-state index in [-0.39, 0.29) is 11.8 Å². The van der Waals surface area contributed by atoms with Gasteiger partial charge in [-0.1, -0.05) is 22.0 Å². The molecule has 0 spiro atoms. The minimum atomic E-state index is -0.296. The normalized spacial score (nSPS) is 15.2. The maximum atomic E-state index is 11.4. The Hall–Kier alpha value is -1.42. The molecule has 15 heavy (non-hydrogen) atoms. The number of imide groups is 1. The lowest BCUT2D eigenvalue weighted by atomic mass is 10.2. The lowest BCUT2D eigenvalue weighted by Crippen LogP contribution is -2.29. The standard InChI is InChI=1S/C11H8BrNO2/c1-7-2-3-8(6-9(7)12)13-10(14)4-5-11(13)15/h2-6H,1H3. The lowest BCUT2D eigenvalue weighted by molar-refractivity contribution is -0.119. The van der Waals surface area contributed by atoms with Crippen molar-refractivity contribution in [1.82, 2.24) is 0 Å². The molecule has 1 heterocycles. The molecule has 0 bridgehead atoms. The van der Waals surface area contributed by atoms with Crippen molar-refractivity contribution in [3.63, 3.8) is 0 Å². The summed E-state index contributed by atoms with van der Waals surface area (Å²) in [7, 11) is 0. The molecule has 1 aliphatic heterocycles. The smallest absolute Gasteiger partial charge is 0.258 e. The van der Waals surface area contributed by atoms with Gasteiger partial charge in [0.15, 0.2) is 0 Å². The van der Waals surface area contributed by atoms with Crippen molar-refractivity contribution in [1.29, 1.82) is 0 Å². The summed E-state index contributed by atoms with van der Waals surface area (Å²) in [4.78, 5) is 23.9. The van der Waals surface area contributed by atoms with E-state index < -0.39 is 0 Å². The Bertz CT molecular complexity index is 461. The SMILES string of the molecule is Cc1ccc(N2C(=O)C=CC2=O)cc1Br. The second-order valence-corrected chi connectivity index (χ2v) is 4.13. The van der Waals surface area contributed by atoms with Gasteiger partial charge < -0.3 is 0 Å². The number of hydrogen-bond acceptors (Lipinski definition) is 2. The second kappa shape index (κ2) is 3.62. The Morgan fingerprint density at radius 1 is 1.13 bits per heavy atom. The van der Waals surface area contributed by atoms with Crippen molar-refractivity contribution in [2.24, 2.45) is 0 Å². The van der Waals surface area contributed by atoms with Gasteiger partial charge in [0, 0.05) is 16.6 Å². The number of carbonyl (C=O) groups is 2. The van der Waals surface area contributed by atoms with E-state index in [2.05, 4.69) is 15.9 Å². The van der Waals surface area contributed by atoms with Gasteiger partial charge in [0.05, 0.1) is 5.69 Å². The number of hydrogen-bond donors (Lipinski definition) is 0. The van der Waals surface area contributed by atoms with Crippen LogP contribution in [0.15, 0.2) is 34.8 Å². The van der Waals surface area contributed by atoms with Crippen molar-refractivity contribution < 1.29 is 9.59 Å². The molecule has 4 heteroatoms. The third-order valence-corrected chi connectivity index (χ3v) is 3.08. The number of rotatable bonds is 1. The van der Waals surface area contributed by atoms with Gasteiger partial charge in [0.1, 0.15) is 0 Å². The average molecular weight is 266 g/mol. The van der Waals surface area contributed by atoms with Gasteiger partial charge in [-0.2, -0.15) is 0 Å². The number of anilines is 1. The van der Waals surface area contributed by atoms with E-state index in [0.717, 1.165) is 14.9 Å². The quantitative estimate of drug-likeness (QED) is 0.730. The Labute approximate surface area is 95.5 Å². The van der Waals surface area contributed by atoms with Crippen LogP contribution in [0.3, 0.4) is 0 Å². The molecule has 0 unspecified atom stereocenters. The van der Waals surface area contributed by atoms with Crippen molar-refractivity contribution in [2.45, 2.75) is 6.92 Å². The molecule has 0 N–H and O–H groups in total. The van der Waals surface area contributed by atoms with Crippen LogP contribution in [0.25, 0.3) is 0 Å². The number of benzene rings is 1. The Kier molecular flexibility index (Phi) is 2.44. The summed E-state index contributed by atoms with van der Waals surface area (Å²) < 4.78 is 0.882. The zero-order valence-corrected chi connectivity index (χ0v) is 9.61. The number of halogens is 1. The number of carbonyl (C=O) groups excluding carboxylic acids is 2. The highest BCUT2D eigenvalue weighted by Gasteiger charge is 2.25. The number of aryl methyl sites for hydroxylation is 1. The minimum absolute atomic E-state index is 0.296. The van der Waals surface area contributed by atoms with Crippen LogP contribution in [0.2, 0.25) is 0 Å². The monoisotopic (exact) mass is 265 g/mol. The maximum absolute atomic E-state index is 11.4. The molecule has 1 aromatic rings. The molecule has 1 aliphatic rings. The first-order valence-corrected chi connectivity index (χ1v) is 5.21. The third-order valence-electron chi connectivity index (χ3n) is 2.22. The minimum Gasteiger partial charge on any atom is -0.269 e. The van der Waals surface area contributed by atoms with Gasteiger partial charge >= 0.3 is 0 Å². The topological polar surface area (TPSA) is 37.4 Å². The molecular formula is C11H8BrNO2. The van der Waals surface area contributed by atoms with Crippen molar-refractivity contribution >= 4 is 33.4 Å². The van der Waals surface area contributed by atoms with E-state index in [1.807, 2.05) is 13.0 Å². The van der Waals surface area contributed by atoms with E-state index in [0.29, 0.717) is 5.69 Å². The zero-order chi connectivity index (χ0) is 11.0. The largest absolute Gasteiger partial charge is 0.269 e. The van der Waals surface area contributed by atoms with E-state index in [1.165, 1.54) is 12.2 Å². The van der Waals surface area contributed by atoms with Crippen molar-refractivity contribution in [3.8, 4) is 0 Å². The van der Waals surface area contributed by atoms with Crippen LogP contribution in [-0.2, 0) is 9.59 Å². The van der Waals surface area contributed by atoms with Crippen LogP contribution in [-0.4, -0.2) is 11.8 Å². The predicted molar refractivity (Wildman–Crippen MR) is 60.5 cm³/mol. The first-order chi connectivity index (χ1) is 7.09. The van der Waals surface area contributed by atoms with Gasteiger partial charge in [-0.05, 0) is 24.6 Å². The summed E-state index contributed by atoms with van der Waals surface area (Å²) >= 11 is 3.36. The molecule has 0 saturated carbocycles. The summed E-state index contributed by atoms with van der Waals surface area (Å²) in [6.07, 6.45) is 2.55. The summed E-state index contributed by atoms with van der Waals surface area (Å²) in [6, 6.07) is 5.37. The third kappa shape index (κ3) is 1.72. The summed E-state index contributed by atoms with van der Waals surface area (Å²) in [5, 5.41) is 0. The number of amides is 2. The first-order valence-electron chi connectivity index (χ1n) is 4.42. The second-order valence-electron chi connectivity index (χ2n) is 3.28. The van der Waals surface area contributed by atoms with E-state index in [4.69, 9.17) is 0 Å². The summed E-state index contributed by atoms with van der Waals surface area (Å²) in [5.41, 5.74) is 1.65. The molecule has 2 rings (SSSR count). The van der Waals surface area contributed by atoms with Crippen LogP contribution >= 0.6 is 15.9 Å². The van der Waals surface area contributed by atoms with E-state index in [1.54, 1.807) is 12.1 Å². The molecule has 0 fully saturated rings. The maximum Gasteiger partial charge on any atom is 0.258 e. The molecule has 1 aromatic carbocycles. The molecule has 0 saturated heterocycles. The molecule has 0 aromatic heterocycles. The molecule has 0 radical (unpaired) electrons.